The van der Waals surface area contributed by atoms with Gasteiger partial charge in [0, 0.05) is 11.8 Å². The van der Waals surface area contributed by atoms with E-state index in [2.05, 4.69) is 17.5 Å². The van der Waals surface area contributed by atoms with Crippen LogP contribution in [0, 0.1) is 5.92 Å². The molecule has 1 aromatic carbocycles. The number of phenolic OH excluding ortho intramolecular Hbond substituents is 2. The lowest BCUT2D eigenvalue weighted by Crippen LogP contribution is -2.24. The van der Waals surface area contributed by atoms with Crippen LogP contribution in [0.3, 0.4) is 0 Å². The molecule has 0 bridgehead atoms. The van der Waals surface area contributed by atoms with Crippen molar-refractivity contribution in [3.8, 4) is 11.5 Å². The van der Waals surface area contributed by atoms with Gasteiger partial charge >= 0.3 is 0 Å². The van der Waals surface area contributed by atoms with Crippen molar-refractivity contribution < 1.29 is 15.0 Å². The first-order valence-electron chi connectivity index (χ1n) is 6.46. The van der Waals surface area contributed by atoms with E-state index in [1.165, 1.54) is 18.6 Å². The number of phenols is 2. The lowest BCUT2D eigenvalue weighted by Gasteiger charge is -2.19. The molecule has 1 aliphatic carbocycles. The van der Waals surface area contributed by atoms with E-state index in [-0.39, 0.29) is 17.1 Å². The molecule has 0 saturated heterocycles. The molecular weight excluding hydrogens is 244 g/mol. The van der Waals surface area contributed by atoms with Crippen LogP contribution < -0.4 is 5.43 Å². The second-order valence-corrected chi connectivity index (χ2v) is 4.89. The Bertz CT molecular complexity index is 511. The summed E-state index contributed by atoms with van der Waals surface area (Å²) in [5.74, 6) is -0.416. The van der Waals surface area contributed by atoms with Crippen LogP contribution in [-0.4, -0.2) is 21.8 Å². The van der Waals surface area contributed by atoms with Crippen LogP contribution in [0.5, 0.6) is 11.5 Å². The van der Waals surface area contributed by atoms with Gasteiger partial charge in [0.05, 0.1) is 5.56 Å². The summed E-state index contributed by atoms with van der Waals surface area (Å²) >= 11 is 0. The molecule has 1 fully saturated rings. The minimum atomic E-state index is -0.470. The molecule has 1 saturated carbocycles. The Morgan fingerprint density at radius 3 is 2.84 bits per heavy atom. The van der Waals surface area contributed by atoms with Crippen LogP contribution >= 0.6 is 0 Å². The van der Waals surface area contributed by atoms with Gasteiger partial charge in [-0.25, -0.2) is 5.43 Å². The molecule has 3 N–H and O–H groups in total. The Morgan fingerprint density at radius 1 is 1.37 bits per heavy atom. The second-order valence-electron chi connectivity index (χ2n) is 4.89. The van der Waals surface area contributed by atoms with Crippen molar-refractivity contribution in [2.24, 2.45) is 11.0 Å². The maximum atomic E-state index is 11.9. The van der Waals surface area contributed by atoms with Crippen LogP contribution in [0.25, 0.3) is 0 Å². The Hall–Kier alpha value is -2.04. The summed E-state index contributed by atoms with van der Waals surface area (Å²) in [6, 6.07) is 3.85. The number of hydrogen-bond donors (Lipinski definition) is 3. The standard InChI is InChI=1S/C14H18N2O3/c1-9-4-2-3-5-12(9)15-16-14(19)11-7-6-10(17)8-13(11)18/h6-9,17-18H,2-5H2,1H3,(H,16,19). The van der Waals surface area contributed by atoms with E-state index >= 15 is 0 Å². The predicted octanol–water partition coefficient (Wildman–Crippen LogP) is 2.39. The lowest BCUT2D eigenvalue weighted by atomic mass is 9.89. The molecule has 1 aliphatic rings. The molecule has 5 nitrogen and oxygen atoms in total. The van der Waals surface area contributed by atoms with Crippen molar-refractivity contribution in [3.05, 3.63) is 23.8 Å². The van der Waals surface area contributed by atoms with Crippen LogP contribution in [0.2, 0.25) is 0 Å². The molecule has 0 radical (unpaired) electrons. The average molecular weight is 262 g/mol. The number of benzene rings is 1. The predicted molar refractivity (Wildman–Crippen MR) is 72.3 cm³/mol. The highest BCUT2D eigenvalue weighted by Gasteiger charge is 2.17. The summed E-state index contributed by atoms with van der Waals surface area (Å²) in [5.41, 5.74) is 3.57. The van der Waals surface area contributed by atoms with Crippen molar-refractivity contribution in [1.29, 1.82) is 0 Å². The molecule has 0 spiro atoms. The van der Waals surface area contributed by atoms with Crippen LogP contribution in [0.1, 0.15) is 43.0 Å². The van der Waals surface area contributed by atoms with Gasteiger partial charge in [-0.2, -0.15) is 5.10 Å². The molecule has 0 aromatic heterocycles. The van der Waals surface area contributed by atoms with Gasteiger partial charge in [0.2, 0.25) is 0 Å². The second kappa shape index (κ2) is 5.73. The summed E-state index contributed by atoms with van der Waals surface area (Å²) in [6.07, 6.45) is 4.30. The van der Waals surface area contributed by atoms with Crippen LogP contribution in [0.15, 0.2) is 23.3 Å². The highest BCUT2D eigenvalue weighted by atomic mass is 16.3. The van der Waals surface area contributed by atoms with Gasteiger partial charge in [-0.15, -0.1) is 0 Å². The van der Waals surface area contributed by atoms with Gasteiger partial charge in [-0.1, -0.05) is 13.3 Å². The average Bonchev–Trinajstić information content (AvgIpc) is 2.37. The van der Waals surface area contributed by atoms with Crippen LogP contribution in [0.4, 0.5) is 0 Å². The minimum absolute atomic E-state index is 0.0822. The molecular formula is C14H18N2O3. The highest BCUT2D eigenvalue weighted by Crippen LogP contribution is 2.23. The van der Waals surface area contributed by atoms with E-state index in [4.69, 9.17) is 5.11 Å². The van der Waals surface area contributed by atoms with Gasteiger partial charge in [0.25, 0.3) is 5.91 Å². The molecule has 19 heavy (non-hydrogen) atoms. The number of aromatic hydroxyl groups is 2. The number of carbonyl (C=O) groups is 1. The minimum Gasteiger partial charge on any atom is -0.508 e. The fourth-order valence-corrected chi connectivity index (χ4v) is 2.23. The van der Waals surface area contributed by atoms with E-state index in [0.29, 0.717) is 5.92 Å². The molecule has 5 heteroatoms. The monoisotopic (exact) mass is 262 g/mol. The van der Waals surface area contributed by atoms with Gasteiger partial charge in [0.1, 0.15) is 11.5 Å². The lowest BCUT2D eigenvalue weighted by molar-refractivity contribution is 0.0951. The number of rotatable bonds is 2. The maximum Gasteiger partial charge on any atom is 0.275 e. The Kier molecular flexibility index (Phi) is 4.04. The molecule has 0 heterocycles. The van der Waals surface area contributed by atoms with E-state index < -0.39 is 5.91 Å². The maximum absolute atomic E-state index is 11.9. The summed E-state index contributed by atoms with van der Waals surface area (Å²) in [6.45, 7) is 2.10. The fraction of sp³-hybridized carbons (Fsp3) is 0.429. The third-order valence-corrected chi connectivity index (χ3v) is 3.42. The highest BCUT2D eigenvalue weighted by molar-refractivity contribution is 5.98. The SMILES string of the molecule is CC1CCCCC1=NNC(=O)c1ccc(O)cc1O. The largest absolute Gasteiger partial charge is 0.508 e. The summed E-state index contributed by atoms with van der Waals surface area (Å²) in [7, 11) is 0. The molecule has 102 valence electrons. The van der Waals surface area contributed by atoms with E-state index in [9.17, 15) is 9.90 Å². The zero-order valence-electron chi connectivity index (χ0n) is 10.9. The number of amides is 1. The first-order chi connectivity index (χ1) is 9.08. The normalized spacial score (nSPS) is 21.3. The first kappa shape index (κ1) is 13.4. The van der Waals surface area contributed by atoms with Crippen molar-refractivity contribution >= 4 is 11.6 Å². The van der Waals surface area contributed by atoms with Crippen LogP contribution in [-0.2, 0) is 0 Å². The summed E-state index contributed by atoms with van der Waals surface area (Å²) < 4.78 is 0. The molecule has 1 amide bonds. The Morgan fingerprint density at radius 2 is 2.16 bits per heavy atom. The summed E-state index contributed by atoms with van der Waals surface area (Å²) in [5, 5.41) is 22.9. The molecule has 1 unspecified atom stereocenters. The smallest absolute Gasteiger partial charge is 0.275 e. The summed E-state index contributed by atoms with van der Waals surface area (Å²) in [4.78, 5) is 11.9. The molecule has 1 atom stereocenters. The first-order valence-corrected chi connectivity index (χ1v) is 6.46. The third kappa shape index (κ3) is 3.24. The number of carbonyl (C=O) groups excluding carboxylic acids is 1. The van der Waals surface area contributed by atoms with Crippen molar-refractivity contribution in [1.82, 2.24) is 5.43 Å². The topological polar surface area (TPSA) is 81.9 Å². The fourth-order valence-electron chi connectivity index (χ4n) is 2.23. The Labute approximate surface area is 112 Å². The Balaban J connectivity index is 2.06. The quantitative estimate of drug-likeness (QED) is 0.716. The number of hydrazone groups is 1. The van der Waals surface area contributed by atoms with Gasteiger partial charge < -0.3 is 10.2 Å². The van der Waals surface area contributed by atoms with Crippen molar-refractivity contribution in [3.63, 3.8) is 0 Å². The zero-order valence-corrected chi connectivity index (χ0v) is 10.9. The number of nitrogens with one attached hydrogen (secondary N) is 1. The van der Waals surface area contributed by atoms with E-state index in [1.807, 2.05) is 0 Å². The number of hydrogen-bond acceptors (Lipinski definition) is 4. The molecule has 0 aliphatic heterocycles. The third-order valence-electron chi connectivity index (χ3n) is 3.42. The van der Waals surface area contributed by atoms with E-state index in [1.54, 1.807) is 0 Å². The van der Waals surface area contributed by atoms with Gasteiger partial charge in [0.15, 0.2) is 0 Å². The van der Waals surface area contributed by atoms with Gasteiger partial charge in [-0.3, -0.25) is 4.79 Å². The van der Waals surface area contributed by atoms with E-state index in [0.717, 1.165) is 31.0 Å². The number of nitrogens with zero attached hydrogens (tertiary/aromatic N) is 1. The molecule has 1 aromatic rings. The van der Waals surface area contributed by atoms with Crippen molar-refractivity contribution in [2.75, 3.05) is 0 Å². The zero-order chi connectivity index (χ0) is 13.8. The van der Waals surface area contributed by atoms with Crippen molar-refractivity contribution in [2.45, 2.75) is 32.6 Å². The molecule has 2 rings (SSSR count). The van der Waals surface area contributed by atoms with Gasteiger partial charge in [-0.05, 0) is 37.3 Å².